The second-order valence-corrected chi connectivity index (χ2v) is 9.91. The minimum atomic E-state index is -3.71. The van der Waals surface area contributed by atoms with E-state index in [1.54, 1.807) is 12.1 Å². The number of fused-ring (bicyclic) bond motifs is 1. The van der Waals surface area contributed by atoms with E-state index in [9.17, 15) is 18.5 Å². The van der Waals surface area contributed by atoms with Crippen LogP contribution in [0.2, 0.25) is 0 Å². The van der Waals surface area contributed by atoms with Crippen molar-refractivity contribution >= 4 is 32.3 Å². The molecule has 1 heterocycles. The standard InChI is InChI=1S/C20H24N4O3S2/c1-13(14-6-8-15(9-7-14)29(22,26)27)24(2)11-10-19(25)23-20-17(12-21)16-4-3-5-18(16)28-20/h6-9,13H,3-5,10-11H2,1-2H3,(H,23,25)(H2,22,26,27). The van der Waals surface area contributed by atoms with Gasteiger partial charge >= 0.3 is 0 Å². The minimum Gasteiger partial charge on any atom is -0.317 e. The SMILES string of the molecule is CC(c1ccc(S(N)(=O)=O)cc1)N(C)CCC(=O)Nc1sc2c(c1C#N)CCC2. The summed E-state index contributed by atoms with van der Waals surface area (Å²) < 4.78 is 22.7. The van der Waals surface area contributed by atoms with Crippen molar-refractivity contribution in [3.05, 3.63) is 45.8 Å². The Morgan fingerprint density at radius 2 is 2.03 bits per heavy atom. The zero-order valence-corrected chi connectivity index (χ0v) is 18.1. The number of sulfonamides is 1. The van der Waals surface area contributed by atoms with E-state index in [1.165, 1.54) is 28.3 Å². The number of primary sulfonamides is 1. The summed E-state index contributed by atoms with van der Waals surface area (Å²) in [6.07, 6.45) is 3.26. The molecule has 1 aliphatic rings. The first-order valence-corrected chi connectivity index (χ1v) is 11.7. The van der Waals surface area contributed by atoms with Crippen molar-refractivity contribution in [2.24, 2.45) is 5.14 Å². The predicted molar refractivity (Wildman–Crippen MR) is 113 cm³/mol. The highest BCUT2D eigenvalue weighted by Crippen LogP contribution is 2.38. The first-order valence-electron chi connectivity index (χ1n) is 9.38. The van der Waals surface area contributed by atoms with Gasteiger partial charge in [-0.3, -0.25) is 9.69 Å². The lowest BCUT2D eigenvalue weighted by atomic mass is 10.1. The van der Waals surface area contributed by atoms with Crippen LogP contribution >= 0.6 is 11.3 Å². The Hall–Kier alpha value is -2.25. The number of anilines is 1. The molecule has 0 saturated carbocycles. The molecule has 1 aromatic carbocycles. The molecule has 9 heteroatoms. The largest absolute Gasteiger partial charge is 0.317 e. The lowest BCUT2D eigenvalue weighted by molar-refractivity contribution is -0.116. The molecule has 3 rings (SSSR count). The number of nitrogens with zero attached hydrogens (tertiary/aromatic N) is 2. The molecule has 0 radical (unpaired) electrons. The number of amides is 1. The van der Waals surface area contributed by atoms with Gasteiger partial charge in [-0.1, -0.05) is 12.1 Å². The van der Waals surface area contributed by atoms with Gasteiger partial charge in [0.25, 0.3) is 0 Å². The summed E-state index contributed by atoms with van der Waals surface area (Å²) >= 11 is 1.51. The molecule has 1 aromatic heterocycles. The quantitative estimate of drug-likeness (QED) is 0.698. The first kappa shape index (κ1) is 21.5. The molecule has 0 bridgehead atoms. The van der Waals surface area contributed by atoms with Crippen molar-refractivity contribution in [3.63, 3.8) is 0 Å². The number of hydrogen-bond acceptors (Lipinski definition) is 6. The fraction of sp³-hybridized carbons (Fsp3) is 0.400. The van der Waals surface area contributed by atoms with E-state index >= 15 is 0 Å². The fourth-order valence-electron chi connectivity index (χ4n) is 3.46. The van der Waals surface area contributed by atoms with Gasteiger partial charge in [0.15, 0.2) is 0 Å². The van der Waals surface area contributed by atoms with Gasteiger partial charge < -0.3 is 5.32 Å². The van der Waals surface area contributed by atoms with Crippen LogP contribution in [0.3, 0.4) is 0 Å². The zero-order chi connectivity index (χ0) is 21.2. The number of aryl methyl sites for hydroxylation is 1. The third-order valence-corrected chi connectivity index (χ3v) is 7.47. The number of benzene rings is 1. The molecule has 0 spiro atoms. The maximum Gasteiger partial charge on any atom is 0.238 e. The maximum atomic E-state index is 12.4. The molecule has 1 amide bonds. The zero-order valence-electron chi connectivity index (χ0n) is 16.4. The van der Waals surface area contributed by atoms with Gasteiger partial charge in [0, 0.05) is 23.9 Å². The number of carbonyl (C=O) groups is 1. The second-order valence-electron chi connectivity index (χ2n) is 7.24. The van der Waals surface area contributed by atoms with Crippen LogP contribution in [0.15, 0.2) is 29.2 Å². The lowest BCUT2D eigenvalue weighted by Crippen LogP contribution is -2.27. The van der Waals surface area contributed by atoms with E-state index in [4.69, 9.17) is 5.14 Å². The second kappa shape index (κ2) is 8.63. The first-order chi connectivity index (χ1) is 13.7. The number of hydrogen-bond donors (Lipinski definition) is 2. The molecule has 1 unspecified atom stereocenters. The van der Waals surface area contributed by atoms with Crippen LogP contribution in [-0.4, -0.2) is 32.8 Å². The number of carbonyl (C=O) groups excluding carboxylic acids is 1. The monoisotopic (exact) mass is 432 g/mol. The average molecular weight is 433 g/mol. The Labute approximate surface area is 175 Å². The topological polar surface area (TPSA) is 116 Å². The van der Waals surface area contributed by atoms with E-state index in [2.05, 4.69) is 11.4 Å². The summed E-state index contributed by atoms with van der Waals surface area (Å²) in [6.45, 7) is 2.51. The van der Waals surface area contributed by atoms with Crippen molar-refractivity contribution in [1.82, 2.24) is 4.90 Å². The summed E-state index contributed by atoms with van der Waals surface area (Å²) in [5.41, 5.74) is 2.65. The van der Waals surface area contributed by atoms with Gasteiger partial charge in [-0.25, -0.2) is 13.6 Å². The van der Waals surface area contributed by atoms with Gasteiger partial charge in [0.05, 0.1) is 10.5 Å². The van der Waals surface area contributed by atoms with Crippen LogP contribution in [-0.2, 0) is 27.7 Å². The molecule has 1 aliphatic carbocycles. The summed E-state index contributed by atoms with van der Waals surface area (Å²) in [4.78, 5) is 15.7. The molecule has 7 nitrogen and oxygen atoms in total. The summed E-state index contributed by atoms with van der Waals surface area (Å²) in [6, 6.07) is 8.67. The number of nitrogens with one attached hydrogen (secondary N) is 1. The van der Waals surface area contributed by atoms with Crippen LogP contribution in [0, 0.1) is 11.3 Å². The van der Waals surface area contributed by atoms with Gasteiger partial charge in [-0.15, -0.1) is 11.3 Å². The minimum absolute atomic E-state index is 0.00228. The smallest absolute Gasteiger partial charge is 0.238 e. The average Bonchev–Trinajstić information content (AvgIpc) is 3.25. The number of nitrogens with two attached hydrogens (primary N) is 1. The van der Waals surface area contributed by atoms with E-state index in [1.807, 2.05) is 18.9 Å². The van der Waals surface area contributed by atoms with Crippen LogP contribution < -0.4 is 10.5 Å². The maximum absolute atomic E-state index is 12.4. The molecule has 1 atom stereocenters. The Balaban J connectivity index is 1.57. The molecule has 0 fully saturated rings. The highest BCUT2D eigenvalue weighted by atomic mass is 32.2. The third kappa shape index (κ3) is 4.85. The van der Waals surface area contributed by atoms with E-state index in [0.29, 0.717) is 23.5 Å². The van der Waals surface area contributed by atoms with Crippen molar-refractivity contribution in [2.75, 3.05) is 18.9 Å². The molecule has 29 heavy (non-hydrogen) atoms. The molecule has 154 valence electrons. The normalized spacial score (nSPS) is 14.4. The van der Waals surface area contributed by atoms with Gasteiger partial charge in [0.2, 0.25) is 15.9 Å². The molecular weight excluding hydrogens is 408 g/mol. The number of thiophene rings is 1. The summed E-state index contributed by atoms with van der Waals surface area (Å²) in [7, 11) is -1.80. The van der Waals surface area contributed by atoms with Crippen molar-refractivity contribution in [2.45, 2.75) is 43.5 Å². The van der Waals surface area contributed by atoms with Crippen molar-refractivity contribution in [1.29, 1.82) is 5.26 Å². The molecule has 0 aliphatic heterocycles. The molecule has 0 saturated heterocycles. The molecule has 3 N–H and O–H groups in total. The molecule has 2 aromatic rings. The van der Waals surface area contributed by atoms with Gasteiger partial charge in [-0.05, 0) is 56.5 Å². The number of rotatable bonds is 7. The third-order valence-electron chi connectivity index (χ3n) is 5.33. The van der Waals surface area contributed by atoms with E-state index < -0.39 is 10.0 Å². The summed E-state index contributed by atoms with van der Waals surface area (Å²) in [5.74, 6) is -0.120. The fourth-order valence-corrected chi connectivity index (χ4v) is 5.23. The Kier molecular flexibility index (Phi) is 6.39. The lowest BCUT2D eigenvalue weighted by Gasteiger charge is -2.25. The Morgan fingerprint density at radius 1 is 1.34 bits per heavy atom. The van der Waals surface area contributed by atoms with Crippen LogP contribution in [0.4, 0.5) is 5.00 Å². The number of nitriles is 1. The van der Waals surface area contributed by atoms with Crippen LogP contribution in [0.5, 0.6) is 0 Å². The highest BCUT2D eigenvalue weighted by molar-refractivity contribution is 7.89. The Bertz CT molecular complexity index is 1050. The van der Waals surface area contributed by atoms with E-state index in [0.717, 1.165) is 30.4 Å². The highest BCUT2D eigenvalue weighted by Gasteiger charge is 2.23. The predicted octanol–water partition coefficient (Wildman–Crippen LogP) is 2.78. The van der Waals surface area contributed by atoms with E-state index in [-0.39, 0.29) is 16.8 Å². The summed E-state index contributed by atoms with van der Waals surface area (Å²) in [5, 5.41) is 18.1. The Morgan fingerprint density at radius 3 is 2.66 bits per heavy atom. The van der Waals surface area contributed by atoms with Crippen LogP contribution in [0.25, 0.3) is 0 Å². The van der Waals surface area contributed by atoms with Crippen molar-refractivity contribution < 1.29 is 13.2 Å². The van der Waals surface area contributed by atoms with Gasteiger partial charge in [0.1, 0.15) is 11.1 Å². The molecular formula is C20H24N4O3S2. The van der Waals surface area contributed by atoms with Gasteiger partial charge in [-0.2, -0.15) is 5.26 Å². The van der Waals surface area contributed by atoms with Crippen LogP contribution in [0.1, 0.15) is 47.4 Å². The van der Waals surface area contributed by atoms with Crippen molar-refractivity contribution in [3.8, 4) is 6.07 Å².